The first-order valence-electron chi connectivity index (χ1n) is 11.5. The predicted octanol–water partition coefficient (Wildman–Crippen LogP) is 6.64. The molecule has 0 bridgehead atoms. The van der Waals surface area contributed by atoms with Crippen molar-refractivity contribution in [3.63, 3.8) is 0 Å². The Morgan fingerprint density at radius 2 is 1.69 bits per heavy atom. The number of nitrogens with zero attached hydrogens (tertiary/aromatic N) is 3. The number of pyridine rings is 1. The zero-order chi connectivity index (χ0) is 24.7. The minimum absolute atomic E-state index is 0.120. The van der Waals surface area contributed by atoms with Crippen LogP contribution in [0, 0.1) is 20.8 Å². The van der Waals surface area contributed by atoms with Crippen LogP contribution < -0.4 is 15.0 Å². The van der Waals surface area contributed by atoms with Gasteiger partial charge in [0.2, 0.25) is 0 Å². The summed E-state index contributed by atoms with van der Waals surface area (Å²) in [5, 5.41) is 4.73. The summed E-state index contributed by atoms with van der Waals surface area (Å²) < 4.78 is 7.71. The molecule has 178 valence electrons. The molecule has 1 aliphatic heterocycles. The van der Waals surface area contributed by atoms with Gasteiger partial charge in [0.15, 0.2) is 5.11 Å². The van der Waals surface area contributed by atoms with Crippen molar-refractivity contribution in [1.82, 2.24) is 14.9 Å². The van der Waals surface area contributed by atoms with E-state index in [-0.39, 0.29) is 12.1 Å². The van der Waals surface area contributed by atoms with Crippen LogP contribution in [0.15, 0.2) is 72.9 Å². The maximum Gasteiger partial charge on any atom is 0.174 e. The van der Waals surface area contributed by atoms with Crippen LogP contribution in [0.1, 0.15) is 40.3 Å². The molecule has 3 heterocycles. The molecule has 2 atom stereocenters. The average Bonchev–Trinajstić information content (AvgIpc) is 3.32. The number of nitrogens with one attached hydrogen (secondary N) is 1. The van der Waals surface area contributed by atoms with Crippen LogP contribution in [-0.2, 0) is 0 Å². The molecule has 2 aromatic heterocycles. The zero-order valence-electron chi connectivity index (χ0n) is 20.1. The third-order valence-electron chi connectivity index (χ3n) is 6.83. The lowest BCUT2D eigenvalue weighted by Crippen LogP contribution is -2.29. The second-order valence-electron chi connectivity index (χ2n) is 8.70. The molecule has 1 saturated heterocycles. The van der Waals surface area contributed by atoms with Crippen LogP contribution in [0.2, 0.25) is 5.02 Å². The highest BCUT2D eigenvalue weighted by molar-refractivity contribution is 7.80. The van der Waals surface area contributed by atoms with Gasteiger partial charge in [-0.3, -0.25) is 4.98 Å². The fraction of sp³-hybridized carbons (Fsp3) is 0.214. The summed E-state index contributed by atoms with van der Waals surface area (Å²) >= 11 is 12.4. The van der Waals surface area contributed by atoms with Crippen molar-refractivity contribution in [2.24, 2.45) is 0 Å². The maximum absolute atomic E-state index is 6.54. The molecular weight excluding hydrogens is 476 g/mol. The molecule has 2 unspecified atom stereocenters. The van der Waals surface area contributed by atoms with Gasteiger partial charge in [0.05, 0.1) is 29.9 Å². The molecule has 0 saturated carbocycles. The maximum atomic E-state index is 6.54. The van der Waals surface area contributed by atoms with Crippen LogP contribution in [0.5, 0.6) is 5.75 Å². The van der Waals surface area contributed by atoms with Crippen LogP contribution in [0.25, 0.3) is 5.69 Å². The number of para-hydroxylation sites is 1. The van der Waals surface area contributed by atoms with E-state index in [1.807, 2.05) is 48.7 Å². The summed E-state index contributed by atoms with van der Waals surface area (Å²) in [6.07, 6.45) is 1.82. The summed E-state index contributed by atoms with van der Waals surface area (Å²) in [6, 6.07) is 22.0. The number of thiocarbonyl (C=S) groups is 1. The van der Waals surface area contributed by atoms with Crippen molar-refractivity contribution in [3.05, 3.63) is 106 Å². The van der Waals surface area contributed by atoms with E-state index in [4.69, 9.17) is 28.6 Å². The van der Waals surface area contributed by atoms with E-state index in [1.165, 1.54) is 22.5 Å². The Morgan fingerprint density at radius 3 is 2.34 bits per heavy atom. The van der Waals surface area contributed by atoms with E-state index in [9.17, 15) is 0 Å². The van der Waals surface area contributed by atoms with E-state index in [1.54, 1.807) is 7.11 Å². The number of hydrogen-bond acceptors (Lipinski definition) is 3. The minimum Gasteiger partial charge on any atom is -0.495 e. The number of benzene rings is 2. The van der Waals surface area contributed by atoms with Gasteiger partial charge in [0, 0.05) is 34.5 Å². The Labute approximate surface area is 216 Å². The van der Waals surface area contributed by atoms with Crippen LogP contribution in [0.4, 0.5) is 5.69 Å². The predicted molar refractivity (Wildman–Crippen MR) is 146 cm³/mol. The van der Waals surface area contributed by atoms with Gasteiger partial charge in [-0.1, -0.05) is 35.9 Å². The third kappa shape index (κ3) is 3.97. The molecule has 1 fully saturated rings. The van der Waals surface area contributed by atoms with Gasteiger partial charge in [-0.2, -0.15) is 0 Å². The van der Waals surface area contributed by atoms with Gasteiger partial charge in [-0.25, -0.2) is 0 Å². The fourth-order valence-electron chi connectivity index (χ4n) is 5.14. The highest BCUT2D eigenvalue weighted by atomic mass is 35.5. The first-order valence-corrected chi connectivity index (χ1v) is 12.3. The number of methoxy groups -OCH3 is 1. The molecule has 1 N–H and O–H groups in total. The summed E-state index contributed by atoms with van der Waals surface area (Å²) in [7, 11) is 1.62. The first-order chi connectivity index (χ1) is 16.9. The van der Waals surface area contributed by atoms with E-state index in [0.717, 1.165) is 17.1 Å². The number of aromatic nitrogens is 2. The Hall–Kier alpha value is -3.35. The zero-order valence-corrected chi connectivity index (χ0v) is 21.7. The van der Waals surface area contributed by atoms with Gasteiger partial charge >= 0.3 is 0 Å². The van der Waals surface area contributed by atoms with Crippen molar-refractivity contribution in [1.29, 1.82) is 0 Å². The molecule has 5 rings (SSSR count). The SMILES string of the molecule is COc1ccc(N2C(=S)NC(c3ccccn3)C2c2c(C)c(C)n(-c3ccccc3)c2C)cc1Cl. The average molecular weight is 503 g/mol. The standard InChI is InChI=1S/C28H27ClN4OS/c1-17-18(2)32(20-10-6-5-7-11-20)19(3)25(17)27-26(23-12-8-9-15-30-23)31-28(35)33(27)21-13-14-24(34-4)22(29)16-21/h5-16,26-27H,1-4H3,(H,31,35). The molecule has 0 spiro atoms. The van der Waals surface area contributed by atoms with Crippen molar-refractivity contribution >= 4 is 34.6 Å². The quantitative estimate of drug-likeness (QED) is 0.310. The highest BCUT2D eigenvalue weighted by Crippen LogP contribution is 2.46. The number of anilines is 1. The monoisotopic (exact) mass is 502 g/mol. The Kier molecular flexibility index (Phi) is 6.26. The first kappa shape index (κ1) is 23.4. The van der Waals surface area contributed by atoms with Gasteiger partial charge in [0.1, 0.15) is 5.75 Å². The molecule has 0 amide bonds. The van der Waals surface area contributed by atoms with Crippen LogP contribution in [-0.4, -0.2) is 21.8 Å². The molecule has 7 heteroatoms. The Morgan fingerprint density at radius 1 is 0.943 bits per heavy atom. The van der Waals surface area contributed by atoms with E-state index >= 15 is 0 Å². The molecule has 2 aromatic carbocycles. The molecule has 4 aromatic rings. The lowest BCUT2D eigenvalue weighted by Gasteiger charge is -2.29. The molecule has 0 radical (unpaired) electrons. The fourth-order valence-corrected chi connectivity index (χ4v) is 5.74. The number of rotatable bonds is 5. The Bertz CT molecular complexity index is 1390. The molecule has 35 heavy (non-hydrogen) atoms. The number of hydrogen-bond donors (Lipinski definition) is 1. The molecule has 5 nitrogen and oxygen atoms in total. The number of ether oxygens (including phenoxy) is 1. The van der Waals surface area contributed by atoms with Crippen molar-refractivity contribution < 1.29 is 4.74 Å². The highest BCUT2D eigenvalue weighted by Gasteiger charge is 2.43. The Balaban J connectivity index is 1.72. The van der Waals surface area contributed by atoms with Gasteiger partial charge in [-0.05, 0) is 81.0 Å². The summed E-state index contributed by atoms with van der Waals surface area (Å²) in [4.78, 5) is 6.85. The van der Waals surface area contributed by atoms with Gasteiger partial charge in [-0.15, -0.1) is 0 Å². The molecular formula is C28H27ClN4OS. The van der Waals surface area contributed by atoms with Crippen molar-refractivity contribution in [2.75, 3.05) is 12.0 Å². The second-order valence-corrected chi connectivity index (χ2v) is 9.49. The second kappa shape index (κ2) is 9.36. The number of halogens is 1. The molecule has 0 aliphatic carbocycles. The largest absolute Gasteiger partial charge is 0.495 e. The van der Waals surface area contributed by atoms with Crippen molar-refractivity contribution in [3.8, 4) is 11.4 Å². The molecule has 1 aliphatic rings. The lowest BCUT2D eigenvalue weighted by atomic mass is 9.93. The van der Waals surface area contributed by atoms with Crippen molar-refractivity contribution in [2.45, 2.75) is 32.9 Å². The normalized spacial score (nSPS) is 17.5. The summed E-state index contributed by atoms with van der Waals surface area (Å²) in [6.45, 7) is 6.54. The summed E-state index contributed by atoms with van der Waals surface area (Å²) in [5.41, 5.74) is 7.81. The minimum atomic E-state index is -0.131. The smallest absolute Gasteiger partial charge is 0.174 e. The van der Waals surface area contributed by atoms with E-state index in [2.05, 4.69) is 64.8 Å². The van der Waals surface area contributed by atoms with Gasteiger partial charge < -0.3 is 19.5 Å². The van der Waals surface area contributed by atoms with Crippen LogP contribution >= 0.6 is 23.8 Å². The summed E-state index contributed by atoms with van der Waals surface area (Å²) in [5.74, 6) is 0.629. The van der Waals surface area contributed by atoms with Crippen LogP contribution in [0.3, 0.4) is 0 Å². The van der Waals surface area contributed by atoms with Gasteiger partial charge in [0.25, 0.3) is 0 Å². The van der Waals surface area contributed by atoms with E-state index in [0.29, 0.717) is 15.9 Å². The lowest BCUT2D eigenvalue weighted by molar-refractivity contribution is 0.415. The van der Waals surface area contributed by atoms with E-state index < -0.39 is 0 Å². The topological polar surface area (TPSA) is 42.3 Å². The third-order valence-corrected chi connectivity index (χ3v) is 7.44.